The molecule has 1 amide bonds. The van der Waals surface area contributed by atoms with Crippen LogP contribution in [0.15, 0.2) is 78.4 Å². The number of rotatable bonds is 13. The number of ketones is 1. The number of aliphatic hydroxyl groups excluding tert-OH is 1. The van der Waals surface area contributed by atoms with Gasteiger partial charge in [-0.15, -0.1) is 0 Å². The Hall–Kier alpha value is -4.17. The van der Waals surface area contributed by atoms with Crippen molar-refractivity contribution in [3.05, 3.63) is 101 Å². The van der Waals surface area contributed by atoms with Crippen molar-refractivity contribution in [1.82, 2.24) is 9.80 Å². The van der Waals surface area contributed by atoms with Crippen LogP contribution in [0.2, 0.25) is 0 Å². The summed E-state index contributed by atoms with van der Waals surface area (Å²) >= 11 is 0. The highest BCUT2D eigenvalue weighted by atomic mass is 19.1. The molecule has 1 unspecified atom stereocenters. The van der Waals surface area contributed by atoms with Crippen LogP contribution in [0, 0.1) is 5.82 Å². The number of amides is 1. The third-order valence-corrected chi connectivity index (χ3v) is 7.25. The molecule has 216 valence electrons. The van der Waals surface area contributed by atoms with E-state index in [0.29, 0.717) is 43.2 Å². The minimum absolute atomic E-state index is 0.0372. The second kappa shape index (κ2) is 13.9. The summed E-state index contributed by atoms with van der Waals surface area (Å²) < 4.78 is 25.6. The maximum atomic E-state index is 13.6. The number of carbonyl (C=O) groups is 2. The average molecular weight is 561 g/mol. The Labute approximate surface area is 240 Å². The lowest BCUT2D eigenvalue weighted by Gasteiger charge is -2.27. The summed E-state index contributed by atoms with van der Waals surface area (Å²) in [7, 11) is 0. The van der Waals surface area contributed by atoms with E-state index in [4.69, 9.17) is 9.47 Å². The van der Waals surface area contributed by atoms with Crippen LogP contribution in [0.25, 0.3) is 5.76 Å². The molecule has 8 heteroatoms. The van der Waals surface area contributed by atoms with Crippen molar-refractivity contribution >= 4 is 17.4 Å². The van der Waals surface area contributed by atoms with Gasteiger partial charge in [-0.1, -0.05) is 50.2 Å². The Bertz CT molecular complexity index is 1370. The number of carbonyl (C=O) groups excluding carboxylic acids is 2. The second-order valence-electron chi connectivity index (χ2n) is 9.79. The molecule has 0 spiro atoms. The molecule has 1 aliphatic rings. The van der Waals surface area contributed by atoms with Crippen LogP contribution in [-0.2, 0) is 16.2 Å². The Kier molecular flexibility index (Phi) is 10.1. The van der Waals surface area contributed by atoms with Gasteiger partial charge in [0.1, 0.15) is 18.2 Å². The largest absolute Gasteiger partial charge is 0.507 e. The molecule has 4 rings (SSSR count). The SMILES string of the molecule is CCOc1cc(C2C(=C(O)c3ccc(F)cc3)C(=O)C(=O)N2CCCN(CC)CC)ccc1OCc1ccccc1. The van der Waals surface area contributed by atoms with Crippen LogP contribution in [0.4, 0.5) is 4.39 Å². The molecule has 0 radical (unpaired) electrons. The van der Waals surface area contributed by atoms with Crippen molar-refractivity contribution in [3.63, 3.8) is 0 Å². The van der Waals surface area contributed by atoms with Crippen molar-refractivity contribution in [2.75, 3.05) is 32.8 Å². The Morgan fingerprint density at radius 3 is 2.29 bits per heavy atom. The molecule has 0 aliphatic carbocycles. The smallest absolute Gasteiger partial charge is 0.295 e. The number of Topliss-reactive ketones (excluding diaryl/α,β-unsaturated/α-hetero) is 1. The van der Waals surface area contributed by atoms with Crippen LogP contribution >= 0.6 is 0 Å². The first kappa shape index (κ1) is 29.8. The van der Waals surface area contributed by atoms with Crippen LogP contribution < -0.4 is 9.47 Å². The van der Waals surface area contributed by atoms with Gasteiger partial charge in [0.05, 0.1) is 18.2 Å². The molecule has 1 aliphatic heterocycles. The summed E-state index contributed by atoms with van der Waals surface area (Å²) in [5.41, 5.74) is 1.82. The molecule has 1 heterocycles. The predicted molar refractivity (Wildman–Crippen MR) is 156 cm³/mol. The molecule has 1 saturated heterocycles. The lowest BCUT2D eigenvalue weighted by atomic mass is 9.95. The minimum Gasteiger partial charge on any atom is -0.507 e. The van der Waals surface area contributed by atoms with Gasteiger partial charge in [-0.2, -0.15) is 0 Å². The summed E-state index contributed by atoms with van der Waals surface area (Å²) in [6.45, 7) is 9.58. The lowest BCUT2D eigenvalue weighted by molar-refractivity contribution is -0.140. The highest BCUT2D eigenvalue weighted by Gasteiger charge is 2.46. The van der Waals surface area contributed by atoms with E-state index in [1.807, 2.05) is 37.3 Å². The number of benzene rings is 3. The van der Waals surface area contributed by atoms with E-state index in [-0.39, 0.29) is 16.9 Å². The Morgan fingerprint density at radius 2 is 1.63 bits per heavy atom. The van der Waals surface area contributed by atoms with Gasteiger partial charge in [0.25, 0.3) is 11.7 Å². The van der Waals surface area contributed by atoms with Crippen molar-refractivity contribution in [3.8, 4) is 11.5 Å². The monoisotopic (exact) mass is 560 g/mol. The number of likely N-dealkylation sites (tertiary alicyclic amines) is 1. The maximum Gasteiger partial charge on any atom is 0.295 e. The maximum absolute atomic E-state index is 13.6. The summed E-state index contributed by atoms with van der Waals surface area (Å²) in [5.74, 6) is -1.28. The summed E-state index contributed by atoms with van der Waals surface area (Å²) in [6.07, 6.45) is 0.651. The molecule has 1 atom stereocenters. The zero-order chi connectivity index (χ0) is 29.4. The predicted octanol–water partition coefficient (Wildman–Crippen LogP) is 5.96. The zero-order valence-electron chi connectivity index (χ0n) is 23.8. The second-order valence-corrected chi connectivity index (χ2v) is 9.79. The van der Waals surface area contributed by atoms with E-state index in [1.165, 1.54) is 29.2 Å². The topological polar surface area (TPSA) is 79.3 Å². The van der Waals surface area contributed by atoms with Gasteiger partial charge >= 0.3 is 0 Å². The van der Waals surface area contributed by atoms with E-state index in [9.17, 15) is 19.1 Å². The van der Waals surface area contributed by atoms with Gasteiger partial charge < -0.3 is 24.4 Å². The van der Waals surface area contributed by atoms with E-state index < -0.39 is 23.5 Å². The van der Waals surface area contributed by atoms with Crippen molar-refractivity contribution in [1.29, 1.82) is 0 Å². The first-order valence-electron chi connectivity index (χ1n) is 14.1. The summed E-state index contributed by atoms with van der Waals surface area (Å²) in [5, 5.41) is 11.3. The lowest BCUT2D eigenvalue weighted by Crippen LogP contribution is -2.33. The molecular formula is C33H37FN2O5. The van der Waals surface area contributed by atoms with Gasteiger partial charge in [-0.25, -0.2) is 4.39 Å². The third kappa shape index (κ3) is 6.95. The van der Waals surface area contributed by atoms with Crippen LogP contribution in [0.5, 0.6) is 11.5 Å². The fraction of sp³-hybridized carbons (Fsp3) is 0.333. The molecular weight excluding hydrogens is 523 g/mol. The number of aliphatic hydroxyl groups is 1. The van der Waals surface area contributed by atoms with Gasteiger partial charge in [-0.3, -0.25) is 9.59 Å². The van der Waals surface area contributed by atoms with E-state index in [2.05, 4.69) is 18.7 Å². The minimum atomic E-state index is -0.848. The first-order chi connectivity index (χ1) is 19.9. The number of halogens is 1. The fourth-order valence-electron chi connectivity index (χ4n) is 5.04. The zero-order valence-corrected chi connectivity index (χ0v) is 23.8. The highest BCUT2D eigenvalue weighted by Crippen LogP contribution is 2.42. The van der Waals surface area contributed by atoms with Gasteiger partial charge in [0, 0.05) is 12.1 Å². The highest BCUT2D eigenvalue weighted by molar-refractivity contribution is 6.46. The quantitative estimate of drug-likeness (QED) is 0.158. The van der Waals surface area contributed by atoms with Crippen LogP contribution in [0.1, 0.15) is 49.9 Å². The van der Waals surface area contributed by atoms with Crippen LogP contribution in [0.3, 0.4) is 0 Å². The fourth-order valence-corrected chi connectivity index (χ4v) is 5.04. The molecule has 41 heavy (non-hydrogen) atoms. The van der Waals surface area contributed by atoms with E-state index >= 15 is 0 Å². The van der Waals surface area contributed by atoms with Crippen molar-refractivity contribution < 1.29 is 28.6 Å². The number of nitrogens with zero attached hydrogens (tertiary/aromatic N) is 2. The molecule has 3 aromatic carbocycles. The molecule has 0 aromatic heterocycles. The average Bonchev–Trinajstić information content (AvgIpc) is 3.24. The van der Waals surface area contributed by atoms with Crippen molar-refractivity contribution in [2.45, 2.75) is 39.8 Å². The number of hydrogen-bond acceptors (Lipinski definition) is 6. The Balaban J connectivity index is 1.73. The standard InChI is InChI=1S/C33H37FN2O5/c1-4-35(5-2)19-10-20-36-30(29(32(38)33(36)39)31(37)24-13-16-26(34)17-14-24)25-15-18-27(28(21-25)40-6-3)41-22-23-11-8-7-9-12-23/h7-9,11-18,21,30,37H,4-6,10,19-20,22H2,1-3H3. The summed E-state index contributed by atoms with van der Waals surface area (Å²) in [6, 6.07) is 19.4. The van der Waals surface area contributed by atoms with Gasteiger partial charge in [0.2, 0.25) is 0 Å². The van der Waals surface area contributed by atoms with Crippen molar-refractivity contribution in [2.24, 2.45) is 0 Å². The molecule has 7 nitrogen and oxygen atoms in total. The Morgan fingerprint density at radius 1 is 0.927 bits per heavy atom. The van der Waals surface area contributed by atoms with Gasteiger partial charge in [0.15, 0.2) is 11.5 Å². The normalized spacial score (nSPS) is 16.4. The van der Waals surface area contributed by atoms with E-state index in [1.54, 1.807) is 18.2 Å². The van der Waals surface area contributed by atoms with Gasteiger partial charge in [-0.05, 0) is 80.5 Å². The summed E-state index contributed by atoms with van der Waals surface area (Å²) in [4.78, 5) is 30.5. The number of hydrogen-bond donors (Lipinski definition) is 1. The van der Waals surface area contributed by atoms with E-state index in [0.717, 1.165) is 25.2 Å². The molecule has 0 bridgehead atoms. The molecule has 3 aromatic rings. The first-order valence-corrected chi connectivity index (χ1v) is 14.1. The van der Waals surface area contributed by atoms with Crippen LogP contribution in [-0.4, -0.2) is 59.4 Å². The molecule has 1 fully saturated rings. The molecule has 0 saturated carbocycles. The number of ether oxygens (including phenoxy) is 2. The third-order valence-electron chi connectivity index (χ3n) is 7.25. The molecule has 1 N–H and O–H groups in total.